The zero-order valence-electron chi connectivity index (χ0n) is 15.6. The van der Waals surface area contributed by atoms with E-state index < -0.39 is 0 Å². The third-order valence-electron chi connectivity index (χ3n) is 4.74. The highest BCUT2D eigenvalue weighted by atomic mass is 16.3. The summed E-state index contributed by atoms with van der Waals surface area (Å²) in [6.45, 7) is 2.65. The summed E-state index contributed by atoms with van der Waals surface area (Å²) in [5, 5.41) is 5.94. The van der Waals surface area contributed by atoms with Gasteiger partial charge in [-0.1, -0.05) is 0 Å². The second-order valence-electron chi connectivity index (χ2n) is 6.75. The Morgan fingerprint density at radius 2 is 1.89 bits per heavy atom. The molecular weight excluding hydrogens is 354 g/mol. The van der Waals surface area contributed by atoms with Crippen LogP contribution in [0, 0.1) is 0 Å². The van der Waals surface area contributed by atoms with E-state index in [0.29, 0.717) is 18.2 Å². The fourth-order valence-electron chi connectivity index (χ4n) is 3.25. The van der Waals surface area contributed by atoms with Crippen LogP contribution in [-0.4, -0.2) is 29.0 Å². The first-order valence-corrected chi connectivity index (χ1v) is 9.53. The fraction of sp³-hybridized carbons (Fsp3) is 0.286. The smallest absolute Gasteiger partial charge is 0.274 e. The molecule has 3 heterocycles. The van der Waals surface area contributed by atoms with Gasteiger partial charge in [0.2, 0.25) is 5.95 Å². The Balaban J connectivity index is 1.37. The van der Waals surface area contributed by atoms with Gasteiger partial charge in [0.15, 0.2) is 0 Å². The minimum Gasteiger partial charge on any atom is -0.467 e. The summed E-state index contributed by atoms with van der Waals surface area (Å²) in [4.78, 5) is 23.3. The molecule has 0 aliphatic carbocycles. The lowest BCUT2D eigenvalue weighted by molar-refractivity contribution is 0.102. The van der Waals surface area contributed by atoms with E-state index in [0.717, 1.165) is 24.5 Å². The maximum Gasteiger partial charge on any atom is 0.274 e. The van der Waals surface area contributed by atoms with Crippen LogP contribution in [0.15, 0.2) is 59.3 Å². The van der Waals surface area contributed by atoms with Gasteiger partial charge in [0.05, 0.1) is 12.8 Å². The van der Waals surface area contributed by atoms with Gasteiger partial charge in [0.1, 0.15) is 11.5 Å². The zero-order chi connectivity index (χ0) is 19.2. The lowest BCUT2D eigenvalue weighted by Crippen LogP contribution is -2.29. The highest BCUT2D eigenvalue weighted by Crippen LogP contribution is 2.22. The van der Waals surface area contributed by atoms with Crippen molar-refractivity contribution in [1.29, 1.82) is 0 Å². The average molecular weight is 377 g/mol. The first-order chi connectivity index (χ1) is 13.8. The van der Waals surface area contributed by atoms with Crippen molar-refractivity contribution >= 4 is 23.2 Å². The standard InChI is InChI=1S/C21H23N5O2/c27-20(19-10-11-22-21(25-19)23-15-18-5-4-14-28-18)24-16-6-8-17(9-7-16)26-12-2-1-3-13-26/h4-11,14H,1-3,12-13,15H2,(H,24,27)(H,22,23,25). The largest absolute Gasteiger partial charge is 0.467 e. The van der Waals surface area contributed by atoms with Gasteiger partial charge in [-0.25, -0.2) is 9.97 Å². The molecule has 2 aromatic heterocycles. The van der Waals surface area contributed by atoms with Crippen LogP contribution in [0.25, 0.3) is 0 Å². The maximum atomic E-state index is 12.5. The lowest BCUT2D eigenvalue weighted by atomic mass is 10.1. The predicted octanol–water partition coefficient (Wildman–Crippen LogP) is 3.92. The Hall–Kier alpha value is -3.35. The van der Waals surface area contributed by atoms with Crippen LogP contribution >= 0.6 is 0 Å². The molecule has 0 radical (unpaired) electrons. The number of nitrogens with one attached hydrogen (secondary N) is 2. The summed E-state index contributed by atoms with van der Waals surface area (Å²) in [6.07, 6.45) is 6.96. The second-order valence-corrected chi connectivity index (χ2v) is 6.75. The summed E-state index contributed by atoms with van der Waals surface area (Å²) in [7, 11) is 0. The quantitative estimate of drug-likeness (QED) is 0.677. The molecular formula is C21H23N5O2. The molecule has 4 rings (SSSR count). The molecule has 1 fully saturated rings. The summed E-state index contributed by atoms with van der Waals surface area (Å²) in [5.41, 5.74) is 2.25. The second kappa shape index (κ2) is 8.56. The van der Waals surface area contributed by atoms with Crippen molar-refractivity contribution in [2.75, 3.05) is 28.6 Å². The highest BCUT2D eigenvalue weighted by Gasteiger charge is 2.12. The van der Waals surface area contributed by atoms with Crippen molar-refractivity contribution in [3.8, 4) is 0 Å². The number of aromatic nitrogens is 2. The monoisotopic (exact) mass is 377 g/mol. The van der Waals surface area contributed by atoms with Gasteiger partial charge in [-0.05, 0) is 61.7 Å². The van der Waals surface area contributed by atoms with Gasteiger partial charge in [-0.3, -0.25) is 4.79 Å². The van der Waals surface area contributed by atoms with E-state index in [1.165, 1.54) is 24.9 Å². The molecule has 0 unspecified atom stereocenters. The molecule has 3 aromatic rings. The van der Waals surface area contributed by atoms with E-state index in [-0.39, 0.29) is 5.91 Å². The van der Waals surface area contributed by atoms with Gasteiger partial charge in [-0.15, -0.1) is 0 Å². The van der Waals surface area contributed by atoms with Crippen molar-refractivity contribution in [2.45, 2.75) is 25.8 Å². The first-order valence-electron chi connectivity index (χ1n) is 9.53. The number of carbonyl (C=O) groups is 1. The molecule has 1 amide bonds. The van der Waals surface area contributed by atoms with Crippen LogP contribution in [-0.2, 0) is 6.54 Å². The lowest BCUT2D eigenvalue weighted by Gasteiger charge is -2.28. The van der Waals surface area contributed by atoms with Crippen LogP contribution in [0.4, 0.5) is 17.3 Å². The van der Waals surface area contributed by atoms with Gasteiger partial charge < -0.3 is 20.0 Å². The molecule has 0 bridgehead atoms. The molecule has 0 atom stereocenters. The molecule has 144 valence electrons. The Morgan fingerprint density at radius 1 is 1.07 bits per heavy atom. The molecule has 0 saturated carbocycles. The van der Waals surface area contributed by atoms with Crippen molar-refractivity contribution in [3.05, 3.63) is 66.4 Å². The van der Waals surface area contributed by atoms with Crippen molar-refractivity contribution < 1.29 is 9.21 Å². The molecule has 1 saturated heterocycles. The van der Waals surface area contributed by atoms with Crippen molar-refractivity contribution in [3.63, 3.8) is 0 Å². The third-order valence-corrected chi connectivity index (χ3v) is 4.74. The molecule has 1 aliphatic rings. The number of benzene rings is 1. The summed E-state index contributed by atoms with van der Waals surface area (Å²) in [5.74, 6) is 0.880. The van der Waals surface area contributed by atoms with Gasteiger partial charge in [-0.2, -0.15) is 0 Å². The Bertz CT molecular complexity index is 903. The number of piperidine rings is 1. The molecule has 7 heteroatoms. The number of amides is 1. The number of hydrogen-bond acceptors (Lipinski definition) is 6. The summed E-state index contributed by atoms with van der Waals surface area (Å²) >= 11 is 0. The van der Waals surface area contributed by atoms with E-state index >= 15 is 0 Å². The van der Waals surface area contributed by atoms with E-state index in [9.17, 15) is 4.79 Å². The molecule has 7 nitrogen and oxygen atoms in total. The van der Waals surface area contributed by atoms with E-state index in [1.807, 2.05) is 24.3 Å². The molecule has 1 aromatic carbocycles. The number of anilines is 3. The maximum absolute atomic E-state index is 12.5. The molecule has 1 aliphatic heterocycles. The Morgan fingerprint density at radius 3 is 2.64 bits per heavy atom. The Kier molecular flexibility index (Phi) is 5.51. The number of carbonyl (C=O) groups excluding carboxylic acids is 1. The first kappa shape index (κ1) is 18.0. The van der Waals surface area contributed by atoms with Gasteiger partial charge in [0, 0.05) is 30.7 Å². The number of rotatable bonds is 6. The minimum absolute atomic E-state index is 0.269. The van der Waals surface area contributed by atoms with Crippen molar-refractivity contribution in [2.24, 2.45) is 0 Å². The van der Waals surface area contributed by atoms with Crippen LogP contribution in [0.1, 0.15) is 35.5 Å². The van der Waals surface area contributed by atoms with E-state index in [2.05, 4.69) is 37.6 Å². The predicted molar refractivity (Wildman–Crippen MR) is 109 cm³/mol. The summed E-state index contributed by atoms with van der Waals surface area (Å²) < 4.78 is 5.26. The number of nitrogens with zero attached hydrogens (tertiary/aromatic N) is 3. The average Bonchev–Trinajstić information content (AvgIpc) is 3.27. The SMILES string of the molecule is O=C(Nc1ccc(N2CCCCC2)cc1)c1ccnc(NCc2ccco2)n1. The highest BCUT2D eigenvalue weighted by molar-refractivity contribution is 6.03. The topological polar surface area (TPSA) is 83.3 Å². The Labute approximate surface area is 163 Å². The van der Waals surface area contributed by atoms with E-state index in [1.54, 1.807) is 18.5 Å². The normalized spacial score (nSPS) is 13.9. The van der Waals surface area contributed by atoms with Crippen LogP contribution in [0.3, 0.4) is 0 Å². The van der Waals surface area contributed by atoms with Gasteiger partial charge in [0.25, 0.3) is 5.91 Å². The van der Waals surface area contributed by atoms with Crippen LogP contribution in [0.2, 0.25) is 0 Å². The fourth-order valence-corrected chi connectivity index (χ4v) is 3.25. The van der Waals surface area contributed by atoms with E-state index in [4.69, 9.17) is 4.42 Å². The molecule has 2 N–H and O–H groups in total. The van der Waals surface area contributed by atoms with Crippen molar-refractivity contribution in [1.82, 2.24) is 9.97 Å². The molecule has 0 spiro atoms. The minimum atomic E-state index is -0.269. The summed E-state index contributed by atoms with van der Waals surface area (Å²) in [6, 6.07) is 13.2. The number of hydrogen-bond donors (Lipinski definition) is 2. The molecule has 28 heavy (non-hydrogen) atoms. The zero-order valence-corrected chi connectivity index (χ0v) is 15.6. The number of furan rings is 1. The third kappa shape index (κ3) is 4.49. The van der Waals surface area contributed by atoms with Crippen LogP contribution in [0.5, 0.6) is 0 Å². The van der Waals surface area contributed by atoms with Gasteiger partial charge >= 0.3 is 0 Å². The van der Waals surface area contributed by atoms with Crippen LogP contribution < -0.4 is 15.5 Å².